The molecule has 1 aliphatic heterocycles. The molecule has 0 saturated carbocycles. The molecule has 7 unspecified atom stereocenters. The van der Waals surface area contributed by atoms with E-state index in [4.69, 9.17) is 29.8 Å². The first-order chi connectivity index (χ1) is 16.0. The zero-order valence-corrected chi connectivity index (χ0v) is 23.5. The summed E-state index contributed by atoms with van der Waals surface area (Å²) in [5.41, 5.74) is -0.779. The third-order valence-corrected chi connectivity index (χ3v) is 9.28. The average Bonchev–Trinajstić information content (AvgIpc) is 3.18. The Hall–Kier alpha value is -0.0956. The first kappa shape index (κ1) is 29.1. The van der Waals surface area contributed by atoms with Crippen molar-refractivity contribution in [3.63, 3.8) is 0 Å². The Morgan fingerprint density at radius 1 is 1.21 bits per heavy atom. The van der Waals surface area contributed by atoms with Crippen LogP contribution >= 0.6 is 7.82 Å². The SMILES string of the molecule is [3H]C1CC(COP(=O)(OCCC#N)OC(C)(C(C)C(C)CC)C(C)C(C)CC)[C@@H](CO[N]=[V])O1. The van der Waals surface area contributed by atoms with E-state index in [2.05, 4.69) is 45.5 Å². The second-order valence-electron chi connectivity index (χ2n) is 9.32. The Bertz CT molecular complexity index is 695. The maximum atomic E-state index is 14.0. The first-order valence-electron chi connectivity index (χ1n) is 12.6. The van der Waals surface area contributed by atoms with Crippen molar-refractivity contribution in [1.82, 2.24) is 0 Å². The van der Waals surface area contributed by atoms with Crippen molar-refractivity contribution in [2.75, 3.05) is 26.4 Å². The van der Waals surface area contributed by atoms with E-state index in [9.17, 15) is 4.57 Å². The Labute approximate surface area is 211 Å². The number of phosphoric acid groups is 1. The molecule has 1 heterocycles. The molecule has 8 atom stereocenters. The predicted molar refractivity (Wildman–Crippen MR) is 123 cm³/mol. The predicted octanol–water partition coefficient (Wildman–Crippen LogP) is 6.25. The van der Waals surface area contributed by atoms with E-state index >= 15 is 0 Å². The number of rotatable bonds is 17. The summed E-state index contributed by atoms with van der Waals surface area (Å²) in [6.07, 6.45) is 1.99. The third-order valence-electron chi connectivity index (χ3n) is 7.51. The van der Waals surface area contributed by atoms with Crippen LogP contribution in [0.4, 0.5) is 0 Å². The summed E-state index contributed by atoms with van der Waals surface area (Å²) in [5, 5.41) is 8.97. The van der Waals surface area contributed by atoms with Crippen molar-refractivity contribution < 1.29 is 46.3 Å². The Morgan fingerprint density at radius 3 is 2.33 bits per heavy atom. The molecule has 1 rings (SSSR count). The van der Waals surface area contributed by atoms with Gasteiger partial charge in [0, 0.05) is 0 Å². The quantitative estimate of drug-likeness (QED) is 0.125. The van der Waals surface area contributed by atoms with Gasteiger partial charge in [-0.2, -0.15) is 5.26 Å². The Kier molecular flexibility index (Phi) is 13.3. The summed E-state index contributed by atoms with van der Waals surface area (Å²) in [7, 11) is -4.04. The first-order valence-corrected chi connectivity index (χ1v) is 14.1. The molecular formula is C23H43N2O6PV. The summed E-state index contributed by atoms with van der Waals surface area (Å²) in [5.74, 6) is 0.591. The molecule has 0 amide bonds. The number of hydrogen-bond acceptors (Lipinski definition) is 8. The topological polar surface area (TPSA) is 99.4 Å². The summed E-state index contributed by atoms with van der Waals surface area (Å²) >= 11 is 1.97. The molecule has 1 aliphatic rings. The van der Waals surface area contributed by atoms with Gasteiger partial charge in [0.2, 0.25) is 0 Å². The van der Waals surface area contributed by atoms with Gasteiger partial charge in [0.15, 0.2) is 0 Å². The van der Waals surface area contributed by atoms with Gasteiger partial charge >= 0.3 is 165 Å². The molecule has 0 bridgehead atoms. The van der Waals surface area contributed by atoms with Crippen LogP contribution in [0.15, 0.2) is 3.95 Å². The molecule has 1 saturated heterocycles. The van der Waals surface area contributed by atoms with Crippen molar-refractivity contribution in [2.45, 2.75) is 85.9 Å². The van der Waals surface area contributed by atoms with Crippen molar-refractivity contribution in [1.29, 1.82) is 5.26 Å². The number of ether oxygens (including phenoxy) is 1. The molecule has 1 fully saturated rings. The van der Waals surface area contributed by atoms with Crippen molar-refractivity contribution in [2.24, 2.45) is 33.5 Å². The van der Waals surface area contributed by atoms with Crippen LogP contribution in [0.3, 0.4) is 0 Å². The molecule has 33 heavy (non-hydrogen) atoms. The minimum absolute atomic E-state index is 0.0251. The number of phosphoric ester groups is 1. The van der Waals surface area contributed by atoms with Crippen LogP contribution in [0, 0.1) is 40.9 Å². The Balaban J connectivity index is 3.18. The van der Waals surface area contributed by atoms with Crippen LogP contribution in [-0.4, -0.2) is 38.1 Å². The molecule has 0 spiro atoms. The summed E-state index contributed by atoms with van der Waals surface area (Å²) < 4.78 is 49.0. The monoisotopic (exact) mass is 527 g/mol. The van der Waals surface area contributed by atoms with E-state index in [1.165, 1.54) is 0 Å². The molecule has 0 N–H and O–H groups in total. The minimum atomic E-state index is -4.04. The van der Waals surface area contributed by atoms with Crippen LogP contribution in [-0.2, 0) is 44.9 Å². The molecular weight excluding hydrogens is 482 g/mol. The van der Waals surface area contributed by atoms with Crippen LogP contribution in [0.5, 0.6) is 0 Å². The van der Waals surface area contributed by atoms with Gasteiger partial charge in [-0.25, -0.2) is 0 Å². The van der Waals surface area contributed by atoms with Crippen molar-refractivity contribution in [3.05, 3.63) is 0 Å². The van der Waals surface area contributed by atoms with Crippen molar-refractivity contribution in [3.8, 4) is 6.07 Å². The zero-order valence-electron chi connectivity index (χ0n) is 22.2. The van der Waals surface area contributed by atoms with E-state index < -0.39 is 26.1 Å². The van der Waals surface area contributed by atoms with Crippen LogP contribution in [0.1, 0.15) is 75.5 Å². The average molecular weight is 528 g/mol. The summed E-state index contributed by atoms with van der Waals surface area (Å²) in [6.45, 7) is 14.3. The van der Waals surface area contributed by atoms with E-state index in [1.54, 1.807) is 0 Å². The molecule has 8 nitrogen and oxygen atoms in total. The second kappa shape index (κ2) is 15.1. The van der Waals surface area contributed by atoms with Crippen LogP contribution in [0.2, 0.25) is 0 Å². The van der Waals surface area contributed by atoms with Crippen LogP contribution in [0.25, 0.3) is 0 Å². The number of hydrogen-bond donors (Lipinski definition) is 0. The fourth-order valence-corrected chi connectivity index (χ4v) is 5.95. The van der Waals surface area contributed by atoms with E-state index in [1.807, 2.05) is 30.2 Å². The van der Waals surface area contributed by atoms with E-state index in [0.717, 1.165) is 12.8 Å². The van der Waals surface area contributed by atoms with E-state index in [0.29, 0.717) is 18.3 Å². The van der Waals surface area contributed by atoms with Crippen molar-refractivity contribution >= 4 is 7.82 Å². The molecule has 0 aromatic carbocycles. The molecule has 0 radical (unpaired) electrons. The fourth-order valence-electron chi connectivity index (χ4n) is 4.16. The molecule has 0 aromatic heterocycles. The standard InChI is InChI=1S/C23H43N2O6P.V/c1-8-17(3)19(5)23(7,20(6)18(4)9-2)31-32(26,29-13-10-12-24)30-15-21-11-14-27-22(21)16-28-25;/h17-22H,8-11,13-16H2,1-7H3;/t17?,18?,19?,20?,21?,22-,23?,32?;/m1./s1/i14T;/t14?,17?,18?,19?,20?,21?,22-,23?,32?;. The third kappa shape index (κ3) is 9.13. The van der Waals surface area contributed by atoms with Gasteiger partial charge in [-0.15, -0.1) is 0 Å². The summed E-state index contributed by atoms with van der Waals surface area (Å²) in [6, 6.07) is 2.01. The number of nitrogens with zero attached hydrogens (tertiary/aromatic N) is 2. The van der Waals surface area contributed by atoms with Gasteiger partial charge in [0.1, 0.15) is 0 Å². The van der Waals surface area contributed by atoms with E-state index in [-0.39, 0.29) is 44.0 Å². The normalized spacial score (nSPS) is 28.5. The van der Waals surface area contributed by atoms with Gasteiger partial charge in [0.25, 0.3) is 0 Å². The van der Waals surface area contributed by atoms with Crippen LogP contribution < -0.4 is 0 Å². The van der Waals surface area contributed by atoms with Gasteiger partial charge in [-0.3, -0.25) is 0 Å². The second-order valence-corrected chi connectivity index (χ2v) is 11.2. The number of nitriles is 1. The van der Waals surface area contributed by atoms with Gasteiger partial charge in [-0.1, -0.05) is 40.5 Å². The molecule has 0 aliphatic carbocycles. The molecule has 191 valence electrons. The maximum absolute atomic E-state index is 14.0. The van der Waals surface area contributed by atoms with Gasteiger partial charge in [-0.05, 0) is 0 Å². The summed E-state index contributed by atoms with van der Waals surface area (Å²) in [4.78, 5) is 5.09. The molecule has 10 heteroatoms. The van der Waals surface area contributed by atoms with Gasteiger partial charge < -0.3 is 0 Å². The Morgan fingerprint density at radius 2 is 1.82 bits per heavy atom. The fraction of sp³-hybridized carbons (Fsp3) is 0.957. The van der Waals surface area contributed by atoms with Gasteiger partial charge in [0.05, 0.1) is 0 Å². The molecule has 0 aromatic rings. The zero-order chi connectivity index (χ0) is 25.9.